The first-order valence-electron chi connectivity index (χ1n) is 8.59. The minimum Gasteiger partial charge on any atom is -0.454 e. The Balaban J connectivity index is 1.68. The Morgan fingerprint density at radius 2 is 1.56 bits per heavy atom. The standard InChI is InChI=1S/C22H15ClN2O2/c23-17-9-6-15(7-10-17)22-19(13-25(24-22)18-4-2-1-3-5-18)16-8-11-20-21(12-16)27-14-26-20/h1-13H,14H2. The molecule has 1 aliphatic rings. The van der Waals surface area contributed by atoms with E-state index in [2.05, 4.69) is 0 Å². The van der Waals surface area contributed by atoms with Gasteiger partial charge in [-0.3, -0.25) is 0 Å². The Morgan fingerprint density at radius 3 is 2.37 bits per heavy atom. The quantitative estimate of drug-likeness (QED) is 0.469. The highest BCUT2D eigenvalue weighted by molar-refractivity contribution is 6.30. The Bertz CT molecular complexity index is 1110. The molecule has 132 valence electrons. The number of ether oxygens (including phenoxy) is 2. The lowest BCUT2D eigenvalue weighted by atomic mass is 10.0. The summed E-state index contributed by atoms with van der Waals surface area (Å²) in [5.41, 5.74) is 4.92. The van der Waals surface area contributed by atoms with Crippen LogP contribution in [0.4, 0.5) is 0 Å². The maximum atomic E-state index is 6.06. The van der Waals surface area contributed by atoms with E-state index in [1.807, 2.05) is 83.7 Å². The van der Waals surface area contributed by atoms with Crippen LogP contribution in [0.3, 0.4) is 0 Å². The molecule has 5 heteroatoms. The fourth-order valence-corrected chi connectivity index (χ4v) is 3.31. The first kappa shape index (κ1) is 16.0. The first-order valence-corrected chi connectivity index (χ1v) is 8.97. The van der Waals surface area contributed by atoms with Crippen molar-refractivity contribution in [1.82, 2.24) is 9.78 Å². The fraction of sp³-hybridized carbons (Fsp3) is 0.0455. The average Bonchev–Trinajstić information content (AvgIpc) is 3.36. The van der Waals surface area contributed by atoms with Crippen molar-refractivity contribution < 1.29 is 9.47 Å². The molecular weight excluding hydrogens is 360 g/mol. The van der Waals surface area contributed by atoms with Crippen molar-refractivity contribution in [1.29, 1.82) is 0 Å². The molecule has 0 spiro atoms. The molecule has 4 nitrogen and oxygen atoms in total. The average molecular weight is 375 g/mol. The lowest BCUT2D eigenvalue weighted by Gasteiger charge is -2.04. The van der Waals surface area contributed by atoms with Crippen LogP contribution < -0.4 is 9.47 Å². The molecule has 2 heterocycles. The van der Waals surface area contributed by atoms with Crippen molar-refractivity contribution in [3.8, 4) is 39.6 Å². The normalized spacial score (nSPS) is 12.3. The second-order valence-corrected chi connectivity index (χ2v) is 6.68. The molecule has 3 aromatic carbocycles. The third kappa shape index (κ3) is 2.94. The van der Waals surface area contributed by atoms with E-state index in [1.165, 1.54) is 0 Å². The third-order valence-electron chi connectivity index (χ3n) is 4.54. The molecule has 5 rings (SSSR count). The van der Waals surface area contributed by atoms with Crippen LogP contribution in [0.5, 0.6) is 11.5 Å². The van der Waals surface area contributed by atoms with Gasteiger partial charge >= 0.3 is 0 Å². The van der Waals surface area contributed by atoms with E-state index in [9.17, 15) is 0 Å². The van der Waals surface area contributed by atoms with Crippen LogP contribution in [0, 0.1) is 0 Å². The predicted molar refractivity (Wildman–Crippen MR) is 106 cm³/mol. The molecule has 1 aromatic heterocycles. The highest BCUT2D eigenvalue weighted by atomic mass is 35.5. The van der Waals surface area contributed by atoms with E-state index < -0.39 is 0 Å². The number of fused-ring (bicyclic) bond motifs is 1. The number of hydrogen-bond donors (Lipinski definition) is 0. The molecule has 0 saturated carbocycles. The minimum absolute atomic E-state index is 0.256. The lowest BCUT2D eigenvalue weighted by Crippen LogP contribution is -1.93. The molecule has 0 bridgehead atoms. The summed E-state index contributed by atoms with van der Waals surface area (Å²) in [6, 6.07) is 23.7. The summed E-state index contributed by atoms with van der Waals surface area (Å²) in [5, 5.41) is 5.55. The smallest absolute Gasteiger partial charge is 0.231 e. The third-order valence-corrected chi connectivity index (χ3v) is 4.79. The second kappa shape index (κ2) is 6.49. The maximum Gasteiger partial charge on any atom is 0.231 e. The maximum absolute atomic E-state index is 6.06. The summed E-state index contributed by atoms with van der Waals surface area (Å²) < 4.78 is 12.9. The number of benzene rings is 3. The highest BCUT2D eigenvalue weighted by Crippen LogP contribution is 2.39. The molecule has 0 amide bonds. The van der Waals surface area contributed by atoms with Crippen molar-refractivity contribution in [3.63, 3.8) is 0 Å². The van der Waals surface area contributed by atoms with Crippen LogP contribution in [0.1, 0.15) is 0 Å². The SMILES string of the molecule is Clc1ccc(-c2nn(-c3ccccc3)cc2-c2ccc3c(c2)OCO3)cc1. The van der Waals surface area contributed by atoms with Gasteiger partial charge in [0.1, 0.15) is 5.69 Å². The first-order chi connectivity index (χ1) is 13.3. The number of aromatic nitrogens is 2. The van der Waals surface area contributed by atoms with Crippen LogP contribution in [-0.2, 0) is 0 Å². The number of rotatable bonds is 3. The van der Waals surface area contributed by atoms with E-state index in [0.717, 1.165) is 39.6 Å². The number of nitrogens with zero attached hydrogens (tertiary/aromatic N) is 2. The van der Waals surface area contributed by atoms with Crippen molar-refractivity contribution in [2.75, 3.05) is 6.79 Å². The molecule has 0 atom stereocenters. The van der Waals surface area contributed by atoms with Crippen molar-refractivity contribution in [3.05, 3.63) is 84.0 Å². The van der Waals surface area contributed by atoms with Gasteiger partial charge in [0.05, 0.1) is 5.69 Å². The van der Waals surface area contributed by atoms with Crippen LogP contribution in [0.15, 0.2) is 79.0 Å². The molecule has 0 saturated heterocycles. The Hall–Kier alpha value is -3.24. The summed E-state index contributed by atoms with van der Waals surface area (Å²) in [7, 11) is 0. The van der Waals surface area contributed by atoms with Gasteiger partial charge in [-0.2, -0.15) is 5.10 Å². The zero-order valence-corrected chi connectivity index (χ0v) is 15.1. The molecule has 0 unspecified atom stereocenters. The van der Waals surface area contributed by atoms with Crippen LogP contribution in [-0.4, -0.2) is 16.6 Å². The van der Waals surface area contributed by atoms with Crippen molar-refractivity contribution in [2.24, 2.45) is 0 Å². The monoisotopic (exact) mass is 374 g/mol. The van der Waals surface area contributed by atoms with E-state index in [4.69, 9.17) is 26.2 Å². The largest absolute Gasteiger partial charge is 0.454 e. The van der Waals surface area contributed by atoms with E-state index in [-0.39, 0.29) is 6.79 Å². The molecule has 0 N–H and O–H groups in total. The summed E-state index contributed by atoms with van der Waals surface area (Å²) >= 11 is 6.06. The molecule has 0 fully saturated rings. The second-order valence-electron chi connectivity index (χ2n) is 6.25. The van der Waals surface area contributed by atoms with E-state index in [1.54, 1.807) is 0 Å². The molecule has 27 heavy (non-hydrogen) atoms. The fourth-order valence-electron chi connectivity index (χ4n) is 3.18. The zero-order valence-electron chi connectivity index (χ0n) is 14.3. The van der Waals surface area contributed by atoms with Gasteiger partial charge in [-0.1, -0.05) is 48.0 Å². The Morgan fingerprint density at radius 1 is 0.815 bits per heavy atom. The number of para-hydroxylation sites is 1. The Labute approximate surface area is 161 Å². The zero-order chi connectivity index (χ0) is 18.2. The van der Waals surface area contributed by atoms with Gasteiger partial charge in [-0.15, -0.1) is 0 Å². The van der Waals surface area contributed by atoms with Gasteiger partial charge in [-0.05, 0) is 42.0 Å². The summed E-state index contributed by atoms with van der Waals surface area (Å²) in [6.07, 6.45) is 2.04. The minimum atomic E-state index is 0.256. The number of halogens is 1. The van der Waals surface area contributed by atoms with Gasteiger partial charge in [0.15, 0.2) is 11.5 Å². The van der Waals surface area contributed by atoms with Gasteiger partial charge in [-0.25, -0.2) is 4.68 Å². The lowest BCUT2D eigenvalue weighted by molar-refractivity contribution is 0.174. The molecule has 0 radical (unpaired) electrons. The summed E-state index contributed by atoms with van der Waals surface area (Å²) in [5.74, 6) is 1.52. The van der Waals surface area contributed by atoms with Crippen LogP contribution >= 0.6 is 11.6 Å². The van der Waals surface area contributed by atoms with E-state index >= 15 is 0 Å². The van der Waals surface area contributed by atoms with Gasteiger partial charge < -0.3 is 9.47 Å². The van der Waals surface area contributed by atoms with Gasteiger partial charge in [0.25, 0.3) is 0 Å². The topological polar surface area (TPSA) is 36.3 Å². The predicted octanol–water partition coefficient (Wildman–Crippen LogP) is 5.59. The molecule has 0 aliphatic carbocycles. The Kier molecular flexibility index (Phi) is 3.84. The van der Waals surface area contributed by atoms with Crippen molar-refractivity contribution >= 4 is 11.6 Å². The van der Waals surface area contributed by atoms with E-state index in [0.29, 0.717) is 5.02 Å². The molecular formula is C22H15ClN2O2. The molecule has 1 aliphatic heterocycles. The van der Waals surface area contributed by atoms with Crippen molar-refractivity contribution in [2.45, 2.75) is 0 Å². The van der Waals surface area contributed by atoms with Gasteiger partial charge in [0.2, 0.25) is 6.79 Å². The summed E-state index contributed by atoms with van der Waals surface area (Å²) in [4.78, 5) is 0. The number of hydrogen-bond acceptors (Lipinski definition) is 3. The highest BCUT2D eigenvalue weighted by Gasteiger charge is 2.18. The van der Waals surface area contributed by atoms with Gasteiger partial charge in [0, 0.05) is 22.3 Å². The van der Waals surface area contributed by atoms with Crippen LogP contribution in [0.25, 0.3) is 28.1 Å². The van der Waals surface area contributed by atoms with Crippen LogP contribution in [0.2, 0.25) is 5.02 Å². The summed E-state index contributed by atoms with van der Waals surface area (Å²) in [6.45, 7) is 0.256. The molecule has 4 aromatic rings.